The SMILES string of the molecule is Cc1cc(-c2ccc3nnn(Cc4ccc5ncccc5c4)c3n2)ccc1NOCCOC(=O)C(C)C. The number of hydrogen-bond donors (Lipinski definition) is 1. The molecule has 5 rings (SSSR count). The van der Waals surface area contributed by atoms with E-state index >= 15 is 0 Å². The minimum atomic E-state index is -0.236. The third kappa shape index (κ3) is 5.57. The molecule has 0 saturated heterocycles. The molecule has 0 amide bonds. The van der Waals surface area contributed by atoms with Crippen LogP contribution in [-0.2, 0) is 20.9 Å². The zero-order valence-corrected chi connectivity index (χ0v) is 21.0. The van der Waals surface area contributed by atoms with E-state index in [2.05, 4.69) is 39.0 Å². The first-order valence-electron chi connectivity index (χ1n) is 12.2. The third-order valence-corrected chi connectivity index (χ3v) is 5.96. The molecule has 0 fully saturated rings. The number of carbonyl (C=O) groups excluding carboxylic acids is 1. The van der Waals surface area contributed by atoms with Crippen molar-refractivity contribution in [3.05, 3.63) is 78.0 Å². The van der Waals surface area contributed by atoms with E-state index in [1.807, 2.05) is 54.1 Å². The predicted molar refractivity (Wildman–Crippen MR) is 142 cm³/mol. The van der Waals surface area contributed by atoms with Crippen molar-refractivity contribution in [1.82, 2.24) is 25.0 Å². The third-order valence-electron chi connectivity index (χ3n) is 5.96. The van der Waals surface area contributed by atoms with Crippen molar-refractivity contribution >= 4 is 33.7 Å². The number of carbonyl (C=O) groups is 1. The summed E-state index contributed by atoms with van der Waals surface area (Å²) in [6.45, 7) is 6.60. The average Bonchev–Trinajstić information content (AvgIpc) is 3.30. The van der Waals surface area contributed by atoms with E-state index in [-0.39, 0.29) is 25.1 Å². The summed E-state index contributed by atoms with van der Waals surface area (Å²) in [6.07, 6.45) is 1.79. The number of aryl methyl sites for hydroxylation is 1. The molecule has 0 radical (unpaired) electrons. The number of nitrogens with zero attached hydrogens (tertiary/aromatic N) is 5. The second-order valence-corrected chi connectivity index (χ2v) is 9.12. The van der Waals surface area contributed by atoms with E-state index in [0.29, 0.717) is 6.54 Å². The Bertz CT molecular complexity index is 1560. The van der Waals surface area contributed by atoms with Crippen LogP contribution in [0.4, 0.5) is 5.69 Å². The van der Waals surface area contributed by atoms with Crippen molar-refractivity contribution in [2.75, 3.05) is 18.7 Å². The van der Waals surface area contributed by atoms with Crippen LogP contribution in [0.25, 0.3) is 33.3 Å². The lowest BCUT2D eigenvalue weighted by Crippen LogP contribution is -2.16. The molecule has 0 aliphatic rings. The van der Waals surface area contributed by atoms with Gasteiger partial charge in [-0.1, -0.05) is 37.3 Å². The fourth-order valence-electron chi connectivity index (χ4n) is 3.93. The van der Waals surface area contributed by atoms with Gasteiger partial charge in [0.2, 0.25) is 0 Å². The van der Waals surface area contributed by atoms with Crippen molar-refractivity contribution in [2.24, 2.45) is 5.92 Å². The number of aromatic nitrogens is 5. The summed E-state index contributed by atoms with van der Waals surface area (Å²) in [5.41, 5.74) is 10.1. The Morgan fingerprint density at radius 3 is 2.73 bits per heavy atom. The Hall–Kier alpha value is -4.37. The van der Waals surface area contributed by atoms with Gasteiger partial charge in [-0.3, -0.25) is 20.1 Å². The van der Waals surface area contributed by atoms with E-state index in [9.17, 15) is 4.79 Å². The summed E-state index contributed by atoms with van der Waals surface area (Å²) >= 11 is 0. The summed E-state index contributed by atoms with van der Waals surface area (Å²) in [6, 6.07) is 20.0. The van der Waals surface area contributed by atoms with Gasteiger partial charge in [0.25, 0.3) is 0 Å². The van der Waals surface area contributed by atoms with Crippen molar-refractivity contribution in [3.8, 4) is 11.3 Å². The molecule has 0 spiro atoms. The molecule has 0 aliphatic carbocycles. The standard InChI is InChI=1S/C28H28N6O3/c1-18(2)28(35)36-13-14-37-32-23-9-7-22(15-19(23)3)25-10-11-26-27(30-25)34(33-31-26)17-20-6-8-24-21(16-20)5-4-12-29-24/h4-12,15-16,18,32H,13-14,17H2,1-3H3. The Morgan fingerprint density at radius 2 is 1.89 bits per heavy atom. The fourth-order valence-corrected chi connectivity index (χ4v) is 3.93. The minimum Gasteiger partial charge on any atom is -0.463 e. The molecule has 1 N–H and O–H groups in total. The second-order valence-electron chi connectivity index (χ2n) is 9.12. The normalized spacial score (nSPS) is 11.4. The molecule has 0 unspecified atom stereocenters. The van der Waals surface area contributed by atoms with E-state index in [1.165, 1.54) is 0 Å². The van der Waals surface area contributed by atoms with Crippen molar-refractivity contribution in [1.29, 1.82) is 0 Å². The molecular formula is C28H28N6O3. The summed E-state index contributed by atoms with van der Waals surface area (Å²) in [5, 5.41) is 9.72. The molecule has 0 aliphatic heterocycles. The number of rotatable bonds is 9. The summed E-state index contributed by atoms with van der Waals surface area (Å²) < 4.78 is 6.93. The molecule has 0 atom stereocenters. The molecule has 37 heavy (non-hydrogen) atoms. The molecule has 2 aromatic carbocycles. The number of nitrogens with one attached hydrogen (secondary N) is 1. The maximum Gasteiger partial charge on any atom is 0.308 e. The van der Waals surface area contributed by atoms with Gasteiger partial charge in [0.1, 0.15) is 18.7 Å². The first-order chi connectivity index (χ1) is 18.0. The molecule has 3 aromatic heterocycles. The number of esters is 1. The number of pyridine rings is 2. The monoisotopic (exact) mass is 496 g/mol. The summed E-state index contributed by atoms with van der Waals surface area (Å²) in [5.74, 6) is -0.388. The quantitative estimate of drug-likeness (QED) is 0.174. The first-order valence-corrected chi connectivity index (χ1v) is 12.2. The van der Waals surface area contributed by atoms with Crippen LogP contribution in [0.15, 0.2) is 66.9 Å². The lowest BCUT2D eigenvalue weighted by Gasteiger charge is -2.12. The molecule has 0 saturated carbocycles. The number of benzene rings is 2. The number of anilines is 1. The van der Waals surface area contributed by atoms with Crippen LogP contribution in [-0.4, -0.2) is 44.1 Å². The van der Waals surface area contributed by atoms with Gasteiger partial charge in [-0.15, -0.1) is 5.10 Å². The fraction of sp³-hybridized carbons (Fsp3) is 0.250. The molecule has 0 bridgehead atoms. The number of ether oxygens (including phenoxy) is 1. The maximum absolute atomic E-state index is 11.5. The lowest BCUT2D eigenvalue weighted by molar-refractivity contribution is -0.148. The lowest BCUT2D eigenvalue weighted by atomic mass is 10.1. The van der Waals surface area contributed by atoms with E-state index in [4.69, 9.17) is 14.6 Å². The van der Waals surface area contributed by atoms with Crippen LogP contribution >= 0.6 is 0 Å². The van der Waals surface area contributed by atoms with Gasteiger partial charge in [-0.25, -0.2) is 9.67 Å². The molecule has 9 heteroatoms. The zero-order chi connectivity index (χ0) is 25.8. The van der Waals surface area contributed by atoms with Gasteiger partial charge in [0.05, 0.1) is 29.4 Å². The van der Waals surface area contributed by atoms with Gasteiger partial charge < -0.3 is 4.74 Å². The molecule has 188 valence electrons. The van der Waals surface area contributed by atoms with Crippen LogP contribution < -0.4 is 5.48 Å². The highest BCUT2D eigenvalue weighted by atomic mass is 16.7. The van der Waals surface area contributed by atoms with Crippen molar-refractivity contribution in [2.45, 2.75) is 27.3 Å². The van der Waals surface area contributed by atoms with Crippen LogP contribution in [0.5, 0.6) is 0 Å². The maximum atomic E-state index is 11.5. The van der Waals surface area contributed by atoms with Crippen molar-refractivity contribution < 1.29 is 14.4 Å². The van der Waals surface area contributed by atoms with Crippen LogP contribution in [0, 0.1) is 12.8 Å². The Kier molecular flexibility index (Phi) is 7.04. The number of fused-ring (bicyclic) bond motifs is 2. The zero-order valence-electron chi connectivity index (χ0n) is 21.0. The highest BCUT2D eigenvalue weighted by Crippen LogP contribution is 2.25. The smallest absolute Gasteiger partial charge is 0.308 e. The van der Waals surface area contributed by atoms with Gasteiger partial charge in [0, 0.05) is 17.1 Å². The highest BCUT2D eigenvalue weighted by Gasteiger charge is 2.11. The summed E-state index contributed by atoms with van der Waals surface area (Å²) in [7, 11) is 0. The highest BCUT2D eigenvalue weighted by molar-refractivity contribution is 5.79. The molecule has 9 nitrogen and oxygen atoms in total. The van der Waals surface area contributed by atoms with E-state index in [1.54, 1.807) is 20.0 Å². The predicted octanol–water partition coefficient (Wildman–Crippen LogP) is 4.94. The van der Waals surface area contributed by atoms with Crippen LogP contribution in [0.1, 0.15) is 25.0 Å². The summed E-state index contributed by atoms with van der Waals surface area (Å²) in [4.78, 5) is 26.2. The van der Waals surface area contributed by atoms with Gasteiger partial charge in [-0.2, -0.15) is 0 Å². The van der Waals surface area contributed by atoms with Gasteiger partial charge in [0.15, 0.2) is 5.65 Å². The Labute approximate surface area is 214 Å². The average molecular weight is 497 g/mol. The largest absolute Gasteiger partial charge is 0.463 e. The van der Waals surface area contributed by atoms with Gasteiger partial charge >= 0.3 is 5.97 Å². The van der Waals surface area contributed by atoms with Crippen LogP contribution in [0.3, 0.4) is 0 Å². The number of hydrogen-bond acceptors (Lipinski definition) is 8. The van der Waals surface area contributed by atoms with E-state index < -0.39 is 0 Å². The molecule has 5 aromatic rings. The minimum absolute atomic E-state index is 0.152. The Morgan fingerprint density at radius 1 is 1.03 bits per heavy atom. The van der Waals surface area contributed by atoms with E-state index in [0.717, 1.165) is 50.1 Å². The second kappa shape index (κ2) is 10.7. The molecule has 3 heterocycles. The first kappa shape index (κ1) is 24.3. The molecular weight excluding hydrogens is 468 g/mol. The van der Waals surface area contributed by atoms with Crippen LogP contribution in [0.2, 0.25) is 0 Å². The van der Waals surface area contributed by atoms with Gasteiger partial charge in [-0.05, 0) is 60.5 Å². The van der Waals surface area contributed by atoms with Crippen molar-refractivity contribution in [3.63, 3.8) is 0 Å². The topological polar surface area (TPSA) is 104 Å². The Balaban J connectivity index is 1.29.